The van der Waals surface area contributed by atoms with Crippen molar-refractivity contribution in [2.75, 3.05) is 5.32 Å². The SMILES string of the molecule is CCn1cc(-c2ccc(Cl)cc2Cl)nc1C=Cc1ccc(-c2ccc(Oc3ccc(NC(C)=O)cc3)cc2)cc1. The fourth-order valence-corrected chi connectivity index (χ4v) is 4.77. The van der Waals surface area contributed by atoms with Gasteiger partial charge in [0.25, 0.3) is 0 Å². The highest BCUT2D eigenvalue weighted by Gasteiger charge is 2.11. The normalized spacial score (nSPS) is 11.1. The second-order valence-corrected chi connectivity index (χ2v) is 10.0. The summed E-state index contributed by atoms with van der Waals surface area (Å²) >= 11 is 12.5. The molecule has 0 radical (unpaired) electrons. The van der Waals surface area contributed by atoms with E-state index in [0.29, 0.717) is 15.8 Å². The van der Waals surface area contributed by atoms with Crippen molar-refractivity contribution in [1.29, 1.82) is 0 Å². The van der Waals surface area contributed by atoms with Crippen molar-refractivity contribution in [3.05, 3.63) is 119 Å². The lowest BCUT2D eigenvalue weighted by molar-refractivity contribution is -0.114. The summed E-state index contributed by atoms with van der Waals surface area (Å²) in [5, 5.41) is 3.93. The first-order valence-electron chi connectivity index (χ1n) is 12.8. The number of ether oxygens (including phenoxy) is 1. The summed E-state index contributed by atoms with van der Waals surface area (Å²) in [6.45, 7) is 4.36. The molecular formula is C33H27Cl2N3O2. The van der Waals surface area contributed by atoms with Crippen LogP contribution in [0.3, 0.4) is 0 Å². The molecule has 7 heteroatoms. The van der Waals surface area contributed by atoms with Crippen LogP contribution in [0.2, 0.25) is 10.0 Å². The van der Waals surface area contributed by atoms with Gasteiger partial charge in [-0.05, 0) is 84.3 Å². The van der Waals surface area contributed by atoms with Crippen molar-refractivity contribution in [2.45, 2.75) is 20.4 Å². The minimum atomic E-state index is -0.105. The minimum absolute atomic E-state index is 0.105. The maximum absolute atomic E-state index is 11.2. The fraction of sp³-hybridized carbons (Fsp3) is 0.0909. The number of benzene rings is 4. The number of aryl methyl sites for hydroxylation is 1. The van der Waals surface area contributed by atoms with Gasteiger partial charge in [-0.1, -0.05) is 65.7 Å². The molecule has 0 atom stereocenters. The van der Waals surface area contributed by atoms with Crippen LogP contribution in [-0.2, 0) is 11.3 Å². The Hall–Kier alpha value is -4.32. The molecular weight excluding hydrogens is 541 g/mol. The number of nitrogens with zero attached hydrogens (tertiary/aromatic N) is 2. The second-order valence-electron chi connectivity index (χ2n) is 9.18. The van der Waals surface area contributed by atoms with Gasteiger partial charge in [0, 0.05) is 35.9 Å². The first-order chi connectivity index (χ1) is 19.4. The summed E-state index contributed by atoms with van der Waals surface area (Å²) in [6, 6.07) is 29.0. The number of halogens is 2. The van der Waals surface area contributed by atoms with E-state index in [1.165, 1.54) is 6.92 Å². The molecule has 1 amide bonds. The maximum atomic E-state index is 11.2. The van der Waals surface area contributed by atoms with E-state index in [0.717, 1.165) is 51.8 Å². The van der Waals surface area contributed by atoms with Gasteiger partial charge in [-0.3, -0.25) is 4.79 Å². The number of hydrogen-bond donors (Lipinski definition) is 1. The number of carbonyl (C=O) groups is 1. The van der Waals surface area contributed by atoms with Crippen LogP contribution in [-0.4, -0.2) is 15.5 Å². The summed E-state index contributed by atoms with van der Waals surface area (Å²) in [5.74, 6) is 2.19. The topological polar surface area (TPSA) is 56.1 Å². The Balaban J connectivity index is 1.25. The zero-order valence-electron chi connectivity index (χ0n) is 22.1. The molecule has 0 aliphatic rings. The predicted molar refractivity (Wildman–Crippen MR) is 165 cm³/mol. The van der Waals surface area contributed by atoms with Gasteiger partial charge in [-0.2, -0.15) is 0 Å². The highest BCUT2D eigenvalue weighted by Crippen LogP contribution is 2.31. The van der Waals surface area contributed by atoms with E-state index in [9.17, 15) is 4.79 Å². The van der Waals surface area contributed by atoms with Crippen molar-refractivity contribution < 1.29 is 9.53 Å². The molecule has 0 saturated heterocycles. The van der Waals surface area contributed by atoms with Crippen LogP contribution in [0.25, 0.3) is 34.5 Å². The van der Waals surface area contributed by atoms with Gasteiger partial charge in [0.1, 0.15) is 17.3 Å². The third-order valence-electron chi connectivity index (χ3n) is 6.29. The number of anilines is 1. The first-order valence-corrected chi connectivity index (χ1v) is 13.6. The highest BCUT2D eigenvalue weighted by atomic mass is 35.5. The molecule has 4 aromatic carbocycles. The Morgan fingerprint density at radius 3 is 2.10 bits per heavy atom. The summed E-state index contributed by atoms with van der Waals surface area (Å²) in [4.78, 5) is 16.0. The van der Waals surface area contributed by atoms with E-state index in [1.807, 2.05) is 72.9 Å². The molecule has 40 heavy (non-hydrogen) atoms. The van der Waals surface area contributed by atoms with Crippen LogP contribution < -0.4 is 10.1 Å². The zero-order valence-corrected chi connectivity index (χ0v) is 23.6. The number of amides is 1. The lowest BCUT2D eigenvalue weighted by Gasteiger charge is -2.08. The van der Waals surface area contributed by atoms with E-state index < -0.39 is 0 Å². The molecule has 0 aliphatic carbocycles. The standard InChI is InChI=1S/C33H27Cl2N3O2/c1-3-38-21-32(30-18-11-26(34)20-31(30)35)37-33(38)19-6-23-4-7-24(8-5-23)25-9-14-28(15-10-25)40-29-16-12-27(13-17-29)36-22(2)39/h4-21H,3H2,1-2H3,(H,36,39). The van der Waals surface area contributed by atoms with E-state index in [-0.39, 0.29) is 5.91 Å². The molecule has 1 N–H and O–H groups in total. The number of carbonyl (C=O) groups excluding carboxylic acids is 1. The molecule has 5 aromatic rings. The largest absolute Gasteiger partial charge is 0.457 e. The number of aromatic nitrogens is 2. The van der Waals surface area contributed by atoms with E-state index in [2.05, 4.69) is 47.1 Å². The molecule has 5 rings (SSSR count). The molecule has 5 nitrogen and oxygen atoms in total. The molecule has 1 heterocycles. The molecule has 0 fully saturated rings. The Kier molecular flexibility index (Phi) is 8.34. The van der Waals surface area contributed by atoms with E-state index in [1.54, 1.807) is 6.07 Å². The fourth-order valence-electron chi connectivity index (χ4n) is 4.26. The lowest BCUT2D eigenvalue weighted by atomic mass is 10.0. The smallest absolute Gasteiger partial charge is 0.221 e. The van der Waals surface area contributed by atoms with Gasteiger partial charge >= 0.3 is 0 Å². The van der Waals surface area contributed by atoms with Crippen molar-refractivity contribution in [2.24, 2.45) is 0 Å². The van der Waals surface area contributed by atoms with Crippen LogP contribution >= 0.6 is 23.2 Å². The third kappa shape index (κ3) is 6.63. The summed E-state index contributed by atoms with van der Waals surface area (Å²) < 4.78 is 8.03. The van der Waals surface area contributed by atoms with Crippen molar-refractivity contribution in [3.63, 3.8) is 0 Å². The number of nitrogens with one attached hydrogen (secondary N) is 1. The monoisotopic (exact) mass is 567 g/mol. The Morgan fingerprint density at radius 1 is 0.875 bits per heavy atom. The minimum Gasteiger partial charge on any atom is -0.457 e. The van der Waals surface area contributed by atoms with Crippen molar-refractivity contribution >= 4 is 46.9 Å². The van der Waals surface area contributed by atoms with Crippen molar-refractivity contribution in [1.82, 2.24) is 9.55 Å². The van der Waals surface area contributed by atoms with Gasteiger partial charge in [-0.25, -0.2) is 4.98 Å². The summed E-state index contributed by atoms with van der Waals surface area (Å²) in [6.07, 6.45) is 6.08. The second kappa shape index (κ2) is 12.2. The highest BCUT2D eigenvalue weighted by molar-refractivity contribution is 6.36. The number of rotatable bonds is 8. The number of imidazole rings is 1. The molecule has 200 valence electrons. The Labute approximate surface area is 243 Å². The van der Waals surface area contributed by atoms with Crippen LogP contribution in [0.1, 0.15) is 25.2 Å². The van der Waals surface area contributed by atoms with Crippen LogP contribution in [0.15, 0.2) is 97.2 Å². The third-order valence-corrected chi connectivity index (χ3v) is 6.84. The van der Waals surface area contributed by atoms with Crippen LogP contribution in [0.5, 0.6) is 11.5 Å². The summed E-state index contributed by atoms with van der Waals surface area (Å²) in [5.41, 5.74) is 5.68. The van der Waals surface area contributed by atoms with Gasteiger partial charge in [0.2, 0.25) is 5.91 Å². The lowest BCUT2D eigenvalue weighted by Crippen LogP contribution is -2.05. The van der Waals surface area contributed by atoms with E-state index in [4.69, 9.17) is 32.9 Å². The predicted octanol–water partition coefficient (Wildman–Crippen LogP) is 9.46. The Morgan fingerprint density at radius 2 is 1.50 bits per heavy atom. The molecule has 0 spiro atoms. The van der Waals surface area contributed by atoms with Gasteiger partial charge in [-0.15, -0.1) is 0 Å². The quantitative estimate of drug-likeness (QED) is 0.203. The molecule has 0 aliphatic heterocycles. The number of hydrogen-bond acceptors (Lipinski definition) is 3. The Bertz CT molecular complexity index is 1660. The summed E-state index contributed by atoms with van der Waals surface area (Å²) in [7, 11) is 0. The molecule has 1 aromatic heterocycles. The van der Waals surface area contributed by atoms with E-state index >= 15 is 0 Å². The van der Waals surface area contributed by atoms with Gasteiger partial charge < -0.3 is 14.6 Å². The molecule has 0 unspecified atom stereocenters. The molecule has 0 bridgehead atoms. The van der Waals surface area contributed by atoms with Gasteiger partial charge in [0.15, 0.2) is 0 Å². The van der Waals surface area contributed by atoms with Crippen LogP contribution in [0, 0.1) is 0 Å². The average molecular weight is 569 g/mol. The average Bonchev–Trinajstić information content (AvgIpc) is 3.36. The molecule has 0 saturated carbocycles. The first kappa shape index (κ1) is 27.3. The van der Waals surface area contributed by atoms with Gasteiger partial charge in [0.05, 0.1) is 10.7 Å². The van der Waals surface area contributed by atoms with Crippen LogP contribution in [0.4, 0.5) is 5.69 Å². The van der Waals surface area contributed by atoms with Crippen molar-refractivity contribution in [3.8, 4) is 33.9 Å². The maximum Gasteiger partial charge on any atom is 0.221 e. The zero-order chi connectivity index (χ0) is 28.1.